The van der Waals surface area contributed by atoms with Gasteiger partial charge in [-0.05, 0) is 88.3 Å². The Morgan fingerprint density at radius 1 is 0.492 bits per heavy atom. The first-order chi connectivity index (χ1) is 31.6. The predicted octanol–water partition coefficient (Wildman–Crippen LogP) is 15.5. The van der Waals surface area contributed by atoms with E-state index in [9.17, 15) is 0 Å². The molecule has 0 saturated heterocycles. The SMILES string of the molecule is CC1CC(C)(C)C2=C(C=CC(c3ccc(-n4c5ccccc5c5c6c7ccccc7n(-c7nc(-c8ccccc8)nc(-c8ccc(-c9ccccc9)cc8)n7)c6ccc54)cc3)C2)C1(C)C. The molecule has 5 heteroatoms. The molecule has 2 aliphatic rings. The fourth-order valence-corrected chi connectivity index (χ4v) is 11.2. The van der Waals surface area contributed by atoms with E-state index in [-0.39, 0.29) is 10.8 Å². The van der Waals surface area contributed by atoms with Crippen molar-refractivity contribution in [2.24, 2.45) is 16.7 Å². The molecule has 5 nitrogen and oxygen atoms in total. The van der Waals surface area contributed by atoms with Gasteiger partial charge in [0.15, 0.2) is 11.6 Å². The number of aromatic nitrogens is 5. The third-order valence-electron chi connectivity index (χ3n) is 15.0. The highest BCUT2D eigenvalue weighted by atomic mass is 15.2. The number of rotatable bonds is 6. The quantitative estimate of drug-likeness (QED) is 0.168. The van der Waals surface area contributed by atoms with Crippen LogP contribution in [0, 0.1) is 16.7 Å². The highest BCUT2D eigenvalue weighted by Gasteiger charge is 2.44. The molecule has 12 rings (SSSR count). The lowest BCUT2D eigenvalue weighted by atomic mass is 9.55. The summed E-state index contributed by atoms with van der Waals surface area (Å²) in [5.74, 6) is 2.86. The van der Waals surface area contributed by atoms with Crippen molar-refractivity contribution in [1.29, 1.82) is 0 Å². The van der Waals surface area contributed by atoms with Crippen LogP contribution in [0.25, 0.3) is 89.2 Å². The summed E-state index contributed by atoms with van der Waals surface area (Å²) in [6.45, 7) is 12.2. The Bertz CT molecular complexity index is 3530. The minimum atomic E-state index is 0.194. The standard InChI is InChI=1S/C60H51N5/c1-38-37-59(2,3)49-36-44(30-33-48(49)60(38,4)5)41-28-31-45(32-29-41)64-50-22-14-12-20-46(50)54-52(64)34-35-53-55(54)47-21-13-15-23-51(47)65(53)58-62-56(42-18-10-7-11-19-42)61-57(63-58)43-26-24-40(25-27-43)39-16-8-6-9-17-39/h6-35,38,44H,36-37H2,1-5H3. The molecule has 3 aromatic heterocycles. The molecule has 3 heterocycles. The molecule has 10 aromatic rings. The summed E-state index contributed by atoms with van der Waals surface area (Å²) < 4.78 is 4.67. The number of hydrogen-bond donors (Lipinski definition) is 0. The van der Waals surface area contributed by atoms with Crippen LogP contribution in [0.1, 0.15) is 58.9 Å². The summed E-state index contributed by atoms with van der Waals surface area (Å²) in [6, 6.07) is 60.7. The van der Waals surface area contributed by atoms with Crippen molar-refractivity contribution in [2.75, 3.05) is 0 Å². The molecular weight excluding hydrogens is 791 g/mol. The largest absolute Gasteiger partial charge is 0.309 e. The van der Waals surface area contributed by atoms with Gasteiger partial charge < -0.3 is 4.57 Å². The minimum absolute atomic E-state index is 0.194. The summed E-state index contributed by atoms with van der Waals surface area (Å²) in [7, 11) is 0. The zero-order valence-electron chi connectivity index (χ0n) is 37.6. The Labute approximate surface area is 380 Å². The summed E-state index contributed by atoms with van der Waals surface area (Å²) >= 11 is 0. The second-order valence-corrected chi connectivity index (χ2v) is 19.5. The van der Waals surface area contributed by atoms with E-state index < -0.39 is 0 Å². The maximum atomic E-state index is 5.28. The van der Waals surface area contributed by atoms with Gasteiger partial charge in [-0.25, -0.2) is 4.98 Å². The van der Waals surface area contributed by atoms with E-state index in [1.165, 1.54) is 44.7 Å². The summed E-state index contributed by atoms with van der Waals surface area (Å²) in [5.41, 5.74) is 14.8. The Balaban J connectivity index is 0.998. The first kappa shape index (κ1) is 39.2. The Morgan fingerprint density at radius 2 is 1.00 bits per heavy atom. The van der Waals surface area contributed by atoms with Crippen LogP contribution in [0.5, 0.6) is 0 Å². The van der Waals surface area contributed by atoms with E-state index in [1.54, 1.807) is 11.1 Å². The van der Waals surface area contributed by atoms with E-state index in [0.717, 1.165) is 45.2 Å². The molecule has 2 atom stereocenters. The maximum absolute atomic E-state index is 5.28. The van der Waals surface area contributed by atoms with Gasteiger partial charge in [-0.2, -0.15) is 9.97 Å². The molecule has 0 N–H and O–H groups in total. The van der Waals surface area contributed by atoms with Gasteiger partial charge in [0.1, 0.15) is 0 Å². The lowest BCUT2D eigenvalue weighted by Gasteiger charge is -2.49. The van der Waals surface area contributed by atoms with Gasteiger partial charge in [0, 0.05) is 44.3 Å². The Hall–Kier alpha value is -7.37. The normalized spacial score (nSPS) is 17.9. The van der Waals surface area contributed by atoms with Crippen molar-refractivity contribution in [2.45, 2.75) is 53.4 Å². The van der Waals surface area contributed by atoms with E-state index in [2.05, 4.69) is 201 Å². The lowest BCUT2D eigenvalue weighted by molar-refractivity contribution is 0.171. The molecular formula is C60H51N5. The number of hydrogen-bond acceptors (Lipinski definition) is 3. The zero-order chi connectivity index (χ0) is 44.0. The second kappa shape index (κ2) is 14.9. The zero-order valence-corrected chi connectivity index (χ0v) is 37.6. The van der Waals surface area contributed by atoms with Crippen LogP contribution in [-0.4, -0.2) is 24.1 Å². The molecule has 7 aromatic carbocycles. The average molecular weight is 842 g/mol. The molecule has 0 fully saturated rings. The van der Waals surface area contributed by atoms with Crippen molar-refractivity contribution in [3.63, 3.8) is 0 Å². The number of fused-ring (bicyclic) bond motifs is 7. The van der Waals surface area contributed by atoms with Crippen molar-refractivity contribution < 1.29 is 0 Å². The Kier molecular flexibility index (Phi) is 8.97. The highest BCUT2D eigenvalue weighted by Crippen LogP contribution is 2.56. The molecule has 0 saturated carbocycles. The van der Waals surface area contributed by atoms with Gasteiger partial charge in [0.05, 0.1) is 22.1 Å². The van der Waals surface area contributed by atoms with E-state index in [0.29, 0.717) is 29.4 Å². The first-order valence-electron chi connectivity index (χ1n) is 23.1. The topological polar surface area (TPSA) is 48.5 Å². The molecule has 0 amide bonds. The van der Waals surface area contributed by atoms with Gasteiger partial charge in [-0.1, -0.05) is 186 Å². The third kappa shape index (κ3) is 6.31. The van der Waals surface area contributed by atoms with Gasteiger partial charge in [-0.15, -0.1) is 0 Å². The van der Waals surface area contributed by atoms with Crippen LogP contribution in [0.15, 0.2) is 193 Å². The maximum Gasteiger partial charge on any atom is 0.238 e. The fourth-order valence-electron chi connectivity index (χ4n) is 11.2. The smallest absolute Gasteiger partial charge is 0.238 e. The summed E-state index contributed by atoms with van der Waals surface area (Å²) in [6.07, 6.45) is 7.25. The molecule has 0 aliphatic heterocycles. The van der Waals surface area contributed by atoms with Gasteiger partial charge in [-0.3, -0.25) is 4.57 Å². The monoisotopic (exact) mass is 841 g/mol. The minimum Gasteiger partial charge on any atom is -0.309 e. The van der Waals surface area contributed by atoms with Crippen molar-refractivity contribution in [1.82, 2.24) is 24.1 Å². The van der Waals surface area contributed by atoms with Crippen LogP contribution in [-0.2, 0) is 0 Å². The molecule has 2 unspecified atom stereocenters. The molecule has 0 radical (unpaired) electrons. The average Bonchev–Trinajstić information content (AvgIpc) is 3.87. The number of benzene rings is 7. The molecule has 0 spiro atoms. The summed E-state index contributed by atoms with van der Waals surface area (Å²) in [5, 5.41) is 4.77. The molecule has 2 aliphatic carbocycles. The van der Waals surface area contributed by atoms with Crippen LogP contribution in [0.2, 0.25) is 0 Å². The predicted molar refractivity (Wildman–Crippen MR) is 270 cm³/mol. The fraction of sp³-hybridized carbons (Fsp3) is 0.183. The van der Waals surface area contributed by atoms with Crippen molar-refractivity contribution in [3.05, 3.63) is 199 Å². The van der Waals surface area contributed by atoms with Crippen LogP contribution >= 0.6 is 0 Å². The van der Waals surface area contributed by atoms with Crippen LogP contribution < -0.4 is 0 Å². The summed E-state index contributed by atoms with van der Waals surface area (Å²) in [4.78, 5) is 15.6. The number of nitrogens with zero attached hydrogens (tertiary/aromatic N) is 5. The second-order valence-electron chi connectivity index (χ2n) is 19.5. The third-order valence-corrected chi connectivity index (χ3v) is 15.0. The Morgan fingerprint density at radius 3 is 1.63 bits per heavy atom. The van der Waals surface area contributed by atoms with Crippen LogP contribution in [0.4, 0.5) is 0 Å². The van der Waals surface area contributed by atoms with Gasteiger partial charge in [0.2, 0.25) is 5.95 Å². The van der Waals surface area contributed by atoms with Crippen LogP contribution in [0.3, 0.4) is 0 Å². The van der Waals surface area contributed by atoms with Gasteiger partial charge in [0.25, 0.3) is 0 Å². The molecule has 316 valence electrons. The number of para-hydroxylation sites is 2. The number of allylic oxidation sites excluding steroid dienone is 4. The van der Waals surface area contributed by atoms with E-state index >= 15 is 0 Å². The van der Waals surface area contributed by atoms with Gasteiger partial charge >= 0.3 is 0 Å². The van der Waals surface area contributed by atoms with E-state index in [4.69, 9.17) is 15.0 Å². The molecule has 0 bridgehead atoms. The van der Waals surface area contributed by atoms with Crippen molar-refractivity contribution in [3.8, 4) is 45.5 Å². The highest BCUT2D eigenvalue weighted by molar-refractivity contribution is 6.28. The molecule has 65 heavy (non-hydrogen) atoms. The van der Waals surface area contributed by atoms with Crippen molar-refractivity contribution >= 4 is 43.6 Å². The first-order valence-corrected chi connectivity index (χ1v) is 23.1. The van der Waals surface area contributed by atoms with E-state index in [1.807, 2.05) is 24.3 Å². The lowest BCUT2D eigenvalue weighted by Crippen LogP contribution is -2.38.